The van der Waals surface area contributed by atoms with E-state index in [4.69, 9.17) is 4.42 Å². The molecular weight excluding hydrogens is 412 g/mol. The Labute approximate surface area is 189 Å². The Hall–Kier alpha value is -2.99. The zero-order chi connectivity index (χ0) is 21.3. The first-order chi connectivity index (χ1) is 14.4. The monoisotopic (exact) mass is 440 g/mol. The zero-order valence-corrected chi connectivity index (χ0v) is 19.2. The fraction of sp³-hybridized carbons (Fsp3) is 0.333. The number of carbonyl (C=O) groups is 1. The maximum absolute atomic E-state index is 12.7. The number of likely N-dealkylation sites (N-methyl/N-ethyl adjacent to an activating group) is 2. The highest BCUT2D eigenvalue weighted by atomic mass is 35.5. The van der Waals surface area contributed by atoms with Crippen molar-refractivity contribution in [1.82, 2.24) is 15.1 Å². The normalized spacial score (nSPS) is 18.4. The van der Waals surface area contributed by atoms with Gasteiger partial charge in [-0.15, -0.1) is 12.4 Å². The van der Waals surface area contributed by atoms with Crippen molar-refractivity contribution >= 4 is 35.1 Å². The fourth-order valence-corrected chi connectivity index (χ4v) is 3.67. The fourth-order valence-electron chi connectivity index (χ4n) is 3.67. The van der Waals surface area contributed by atoms with Crippen LogP contribution >= 0.6 is 12.4 Å². The van der Waals surface area contributed by atoms with Crippen molar-refractivity contribution in [3.8, 4) is 0 Å². The molecule has 1 atom stereocenters. The lowest BCUT2D eigenvalue weighted by molar-refractivity contribution is -0.125. The highest BCUT2D eigenvalue weighted by molar-refractivity contribution is 6.00. The van der Waals surface area contributed by atoms with Gasteiger partial charge >= 0.3 is 0 Å². The summed E-state index contributed by atoms with van der Waals surface area (Å²) in [5.41, 5.74) is 4.12. The number of hydrogen-bond donors (Lipinski definition) is 1. The molecule has 0 saturated carbocycles. The molecule has 1 aromatic heterocycles. The molecule has 0 radical (unpaired) electrons. The van der Waals surface area contributed by atoms with Gasteiger partial charge in [0.2, 0.25) is 5.91 Å². The molecule has 1 unspecified atom stereocenters. The summed E-state index contributed by atoms with van der Waals surface area (Å²) >= 11 is 0. The van der Waals surface area contributed by atoms with Crippen LogP contribution in [0.4, 0.5) is 0 Å². The second kappa shape index (κ2) is 9.43. The number of nitrogens with one attached hydrogen (secondary N) is 1. The zero-order valence-electron chi connectivity index (χ0n) is 18.4. The van der Waals surface area contributed by atoms with Crippen molar-refractivity contribution < 1.29 is 9.21 Å². The first-order valence-electron chi connectivity index (χ1n) is 10.3. The van der Waals surface area contributed by atoms with Gasteiger partial charge in [-0.2, -0.15) is 0 Å². The quantitative estimate of drug-likeness (QED) is 0.725. The topological polar surface area (TPSA) is 61.1 Å². The van der Waals surface area contributed by atoms with Crippen LogP contribution in [-0.2, 0) is 11.3 Å². The molecule has 0 spiro atoms. The van der Waals surface area contributed by atoms with E-state index >= 15 is 0 Å². The minimum Gasteiger partial charge on any atom is -0.459 e. The van der Waals surface area contributed by atoms with Gasteiger partial charge in [-0.1, -0.05) is 24.3 Å². The molecule has 1 N–H and O–H groups in total. The van der Waals surface area contributed by atoms with Gasteiger partial charge in [-0.3, -0.25) is 9.79 Å². The standard InChI is InChI=1S/C24H28N4O2.ClH/c1-16-12-25-24-19(14-27(16)3)11-18(13-26-24)9-10-23(29)28(4)15-22-17(2)20-7-5-6-8-21(20)30-22;/h5-10,13-14,16H,11-12,15H2,1-4H3,(H,25,26);1H/b10-9+;. The molecule has 2 aromatic rings. The number of fused-ring (bicyclic) bond motifs is 2. The smallest absolute Gasteiger partial charge is 0.246 e. The van der Waals surface area contributed by atoms with E-state index in [0.717, 1.165) is 52.2 Å². The molecule has 0 fully saturated rings. The van der Waals surface area contributed by atoms with Crippen LogP contribution in [0.15, 0.2) is 69.4 Å². The molecule has 7 heteroatoms. The Morgan fingerprint density at radius 3 is 2.94 bits per heavy atom. The van der Waals surface area contributed by atoms with E-state index in [1.54, 1.807) is 18.0 Å². The highest BCUT2D eigenvalue weighted by Gasteiger charge is 2.19. The number of para-hydroxylation sites is 1. The minimum absolute atomic E-state index is 0. The molecule has 6 nitrogen and oxygen atoms in total. The van der Waals surface area contributed by atoms with E-state index < -0.39 is 0 Å². The number of carbonyl (C=O) groups excluding carboxylic acids is 1. The third-order valence-corrected chi connectivity index (χ3v) is 5.80. The predicted octanol–water partition coefficient (Wildman–Crippen LogP) is 4.17. The number of aryl methyl sites for hydroxylation is 1. The number of allylic oxidation sites excluding steroid dienone is 2. The van der Waals surface area contributed by atoms with Crippen molar-refractivity contribution in [1.29, 1.82) is 0 Å². The number of furan rings is 1. The molecule has 1 amide bonds. The molecular formula is C24H29ClN4O2. The molecule has 31 heavy (non-hydrogen) atoms. The molecule has 2 aliphatic rings. The number of nitrogens with zero attached hydrogens (tertiary/aromatic N) is 3. The van der Waals surface area contributed by atoms with Gasteiger partial charge in [0.05, 0.1) is 13.1 Å². The number of hydrogen-bond acceptors (Lipinski definition) is 5. The van der Waals surface area contributed by atoms with E-state index in [-0.39, 0.29) is 18.3 Å². The minimum atomic E-state index is -0.0594. The Morgan fingerprint density at radius 1 is 1.39 bits per heavy atom. The Bertz CT molecular complexity index is 1100. The van der Waals surface area contributed by atoms with E-state index in [1.165, 1.54) is 0 Å². The van der Waals surface area contributed by atoms with Gasteiger partial charge in [0.15, 0.2) is 0 Å². The summed E-state index contributed by atoms with van der Waals surface area (Å²) in [4.78, 5) is 21.2. The maximum Gasteiger partial charge on any atom is 0.246 e. The van der Waals surface area contributed by atoms with Crippen LogP contribution < -0.4 is 5.32 Å². The van der Waals surface area contributed by atoms with E-state index in [2.05, 4.69) is 35.4 Å². The molecule has 4 rings (SSSR count). The summed E-state index contributed by atoms with van der Waals surface area (Å²) < 4.78 is 5.94. The van der Waals surface area contributed by atoms with E-state index in [0.29, 0.717) is 12.6 Å². The predicted molar refractivity (Wildman–Crippen MR) is 127 cm³/mol. The first kappa shape index (κ1) is 22.7. The lowest BCUT2D eigenvalue weighted by atomic mass is 10.0. The second-order valence-corrected chi connectivity index (χ2v) is 8.07. The van der Waals surface area contributed by atoms with Gasteiger partial charge in [0.25, 0.3) is 0 Å². The summed E-state index contributed by atoms with van der Waals surface area (Å²) in [6.07, 6.45) is 8.32. The van der Waals surface area contributed by atoms with Crippen LogP contribution in [-0.4, -0.2) is 48.2 Å². The SMILES string of the molecule is Cc1c(CN(C)C(=O)/C=C/C2=CNC3=NCC(C)N(C)C=C3C2)oc2ccccc12.Cl. The lowest BCUT2D eigenvalue weighted by Gasteiger charge is -2.21. The molecule has 164 valence electrons. The van der Waals surface area contributed by atoms with E-state index in [1.807, 2.05) is 43.5 Å². The van der Waals surface area contributed by atoms with Gasteiger partial charge in [0.1, 0.15) is 17.2 Å². The Morgan fingerprint density at radius 2 is 2.16 bits per heavy atom. The third kappa shape index (κ3) is 4.85. The lowest BCUT2D eigenvalue weighted by Crippen LogP contribution is -2.26. The highest BCUT2D eigenvalue weighted by Crippen LogP contribution is 2.26. The maximum atomic E-state index is 12.7. The molecule has 0 saturated heterocycles. The van der Waals surface area contributed by atoms with Crippen molar-refractivity contribution in [2.24, 2.45) is 4.99 Å². The summed E-state index contributed by atoms with van der Waals surface area (Å²) in [6, 6.07) is 8.31. The van der Waals surface area contributed by atoms with Crippen LogP contribution in [0.25, 0.3) is 11.0 Å². The average Bonchev–Trinajstić information content (AvgIpc) is 2.98. The van der Waals surface area contributed by atoms with Crippen LogP contribution in [0, 0.1) is 6.92 Å². The van der Waals surface area contributed by atoms with Gasteiger partial charge < -0.3 is 19.5 Å². The second-order valence-electron chi connectivity index (χ2n) is 8.07. The van der Waals surface area contributed by atoms with Crippen molar-refractivity contribution in [3.05, 3.63) is 71.3 Å². The van der Waals surface area contributed by atoms with Crippen molar-refractivity contribution in [2.75, 3.05) is 20.6 Å². The molecule has 2 aliphatic heterocycles. The third-order valence-electron chi connectivity index (χ3n) is 5.80. The number of amidine groups is 1. The van der Waals surface area contributed by atoms with Crippen LogP contribution in [0.1, 0.15) is 24.7 Å². The Balaban J connectivity index is 0.00000272. The number of halogens is 1. The van der Waals surface area contributed by atoms with Gasteiger partial charge in [-0.05, 0) is 25.5 Å². The number of benzene rings is 1. The summed E-state index contributed by atoms with van der Waals surface area (Å²) in [6.45, 7) is 5.39. The molecule has 0 aliphatic carbocycles. The van der Waals surface area contributed by atoms with Gasteiger partial charge in [0, 0.05) is 61.6 Å². The van der Waals surface area contributed by atoms with E-state index in [9.17, 15) is 4.79 Å². The average molecular weight is 441 g/mol. The largest absolute Gasteiger partial charge is 0.459 e. The summed E-state index contributed by atoms with van der Waals surface area (Å²) in [5, 5.41) is 4.36. The van der Waals surface area contributed by atoms with Crippen LogP contribution in [0.2, 0.25) is 0 Å². The molecule has 0 bridgehead atoms. The van der Waals surface area contributed by atoms with Crippen LogP contribution in [0.5, 0.6) is 0 Å². The molecule has 3 heterocycles. The first-order valence-corrected chi connectivity index (χ1v) is 10.3. The number of amides is 1. The summed E-state index contributed by atoms with van der Waals surface area (Å²) in [5.74, 6) is 1.68. The number of aliphatic imine (C=N–C) groups is 1. The Kier molecular flexibility index (Phi) is 6.91. The van der Waals surface area contributed by atoms with Crippen LogP contribution in [0.3, 0.4) is 0 Å². The van der Waals surface area contributed by atoms with Crippen molar-refractivity contribution in [2.45, 2.75) is 32.9 Å². The van der Waals surface area contributed by atoms with Gasteiger partial charge in [-0.25, -0.2) is 0 Å². The molecule has 1 aromatic carbocycles. The number of rotatable bonds is 4. The summed E-state index contributed by atoms with van der Waals surface area (Å²) in [7, 11) is 3.87. The van der Waals surface area contributed by atoms with Crippen molar-refractivity contribution in [3.63, 3.8) is 0 Å².